The number of fused-ring (bicyclic) bond motifs is 1. The number of alkyl halides is 6. The average Bonchev–Trinajstić information content (AvgIpc) is 2.64. The number of carbonyl (C=O) groups excluding carboxylic acids is 2. The molecule has 174 valence electrons. The van der Waals surface area contributed by atoms with E-state index in [9.17, 15) is 44.3 Å². The lowest BCUT2D eigenvalue weighted by atomic mass is 10.0. The molecule has 0 aliphatic heterocycles. The summed E-state index contributed by atoms with van der Waals surface area (Å²) in [5.41, 5.74) is -6.40. The zero-order valence-electron chi connectivity index (χ0n) is 15.5. The molecule has 0 amide bonds. The van der Waals surface area contributed by atoms with Crippen LogP contribution in [0.15, 0.2) is 49.1 Å². The van der Waals surface area contributed by atoms with Crippen molar-refractivity contribution in [3.63, 3.8) is 0 Å². The van der Waals surface area contributed by atoms with Crippen LogP contribution in [0.5, 0.6) is 5.75 Å². The van der Waals surface area contributed by atoms with Crippen molar-refractivity contribution >= 4 is 32.8 Å². The summed E-state index contributed by atoms with van der Waals surface area (Å²) in [6, 6.07) is 6.79. The molecule has 2 rings (SSSR count). The fraction of sp³-hybridized carbons (Fsp3) is 0.222. The van der Waals surface area contributed by atoms with Crippen molar-refractivity contribution in [3.05, 3.63) is 54.6 Å². The van der Waals surface area contributed by atoms with Gasteiger partial charge in [0.05, 0.1) is 5.56 Å². The highest BCUT2D eigenvalue weighted by Gasteiger charge is 2.76. The number of hydrogen-bond acceptors (Lipinski definition) is 6. The smallest absolute Gasteiger partial charge is 0.435 e. The van der Waals surface area contributed by atoms with Crippen molar-refractivity contribution < 1.29 is 58.4 Å². The van der Waals surface area contributed by atoms with Crippen molar-refractivity contribution in [2.24, 2.45) is 0 Å². The number of esters is 2. The van der Waals surface area contributed by atoms with E-state index in [2.05, 4.69) is 11.3 Å². The molecule has 7 nitrogen and oxygen atoms in total. The molecule has 2 aromatic carbocycles. The molecular weight excluding hydrogens is 474 g/mol. The van der Waals surface area contributed by atoms with Crippen LogP contribution in [0, 0.1) is 0 Å². The summed E-state index contributed by atoms with van der Waals surface area (Å²) in [6.07, 6.45) is -12.1. The Morgan fingerprint density at radius 1 is 1.03 bits per heavy atom. The summed E-state index contributed by atoms with van der Waals surface area (Å²) in [4.78, 5) is 23.7. The minimum atomic E-state index is -6.46. The molecule has 0 saturated carbocycles. The highest BCUT2D eigenvalue weighted by Crippen LogP contribution is 2.47. The predicted octanol–water partition coefficient (Wildman–Crippen LogP) is 3.84. The standard InChI is InChI=1S/C18H12F6O7S/c1-2-14(25)30-13-5-3-4-10-6-7-11(8-12(10)13)15(26)31-16(17(19,20)21,18(22,23)24)9-32(27,28)29/h2-8H,1,9H2,(H,27,28,29). The lowest BCUT2D eigenvalue weighted by Gasteiger charge is -2.35. The Hall–Kier alpha value is -3.13. The topological polar surface area (TPSA) is 107 Å². The molecule has 1 N–H and O–H groups in total. The van der Waals surface area contributed by atoms with Crippen molar-refractivity contribution in [1.82, 2.24) is 0 Å². The molecule has 0 spiro atoms. The Labute approximate surface area is 176 Å². The van der Waals surface area contributed by atoms with Crippen molar-refractivity contribution in [2.45, 2.75) is 18.0 Å². The van der Waals surface area contributed by atoms with Gasteiger partial charge in [0.1, 0.15) is 11.5 Å². The molecule has 0 saturated heterocycles. The van der Waals surface area contributed by atoms with Gasteiger partial charge < -0.3 is 9.47 Å². The minimum Gasteiger partial charge on any atom is -0.435 e. The third-order valence-corrected chi connectivity index (χ3v) is 4.79. The first kappa shape index (κ1) is 25.1. The van der Waals surface area contributed by atoms with Crippen LogP contribution in [0.3, 0.4) is 0 Å². The van der Waals surface area contributed by atoms with Gasteiger partial charge in [-0.1, -0.05) is 24.8 Å². The number of carbonyl (C=O) groups is 2. The van der Waals surface area contributed by atoms with Crippen LogP contribution in [0.2, 0.25) is 0 Å². The van der Waals surface area contributed by atoms with E-state index in [1.165, 1.54) is 18.2 Å². The zero-order valence-corrected chi connectivity index (χ0v) is 16.3. The van der Waals surface area contributed by atoms with E-state index in [4.69, 9.17) is 9.29 Å². The van der Waals surface area contributed by atoms with Gasteiger partial charge in [0.2, 0.25) is 0 Å². The van der Waals surface area contributed by atoms with Gasteiger partial charge in [0.15, 0.2) is 0 Å². The first-order chi connectivity index (χ1) is 14.5. The summed E-state index contributed by atoms with van der Waals surface area (Å²) in [5, 5.41) is 0.225. The molecule has 32 heavy (non-hydrogen) atoms. The Morgan fingerprint density at radius 3 is 2.12 bits per heavy atom. The maximum atomic E-state index is 13.3. The second-order valence-electron chi connectivity index (χ2n) is 6.26. The molecule has 0 bridgehead atoms. The fourth-order valence-corrected chi connectivity index (χ4v) is 3.45. The summed E-state index contributed by atoms with van der Waals surface area (Å²) < 4.78 is 119. The van der Waals surface area contributed by atoms with E-state index in [0.717, 1.165) is 24.3 Å². The summed E-state index contributed by atoms with van der Waals surface area (Å²) in [5.74, 6) is -6.34. The number of benzene rings is 2. The van der Waals surface area contributed by atoms with E-state index >= 15 is 0 Å². The third-order valence-electron chi connectivity index (χ3n) is 4.02. The van der Waals surface area contributed by atoms with E-state index < -0.39 is 51.3 Å². The summed E-state index contributed by atoms with van der Waals surface area (Å²) in [6.45, 7) is 3.17. The Balaban J connectivity index is 2.59. The Kier molecular flexibility index (Phi) is 6.62. The molecule has 0 radical (unpaired) electrons. The van der Waals surface area contributed by atoms with Crippen LogP contribution in [-0.2, 0) is 19.6 Å². The summed E-state index contributed by atoms with van der Waals surface area (Å²) >= 11 is 0. The van der Waals surface area contributed by atoms with E-state index in [1.807, 2.05) is 0 Å². The largest absolute Gasteiger partial charge is 0.438 e. The van der Waals surface area contributed by atoms with Crippen LogP contribution in [-0.4, -0.2) is 48.6 Å². The number of rotatable bonds is 6. The summed E-state index contributed by atoms with van der Waals surface area (Å²) in [7, 11) is -5.92. The molecule has 14 heteroatoms. The first-order valence-corrected chi connectivity index (χ1v) is 9.80. The third kappa shape index (κ3) is 5.19. The van der Waals surface area contributed by atoms with Crippen LogP contribution >= 0.6 is 0 Å². The monoisotopic (exact) mass is 486 g/mol. The molecular formula is C18H12F6O7S. The highest BCUT2D eigenvalue weighted by atomic mass is 32.2. The first-order valence-electron chi connectivity index (χ1n) is 8.20. The van der Waals surface area contributed by atoms with E-state index in [0.29, 0.717) is 0 Å². The quantitative estimate of drug-likeness (QED) is 0.217. The van der Waals surface area contributed by atoms with Crippen LogP contribution in [0.1, 0.15) is 10.4 Å². The number of ether oxygens (including phenoxy) is 2. The average molecular weight is 486 g/mol. The molecule has 0 fully saturated rings. The molecule has 2 aromatic rings. The molecule has 0 heterocycles. The highest BCUT2D eigenvalue weighted by molar-refractivity contribution is 7.85. The normalized spacial score (nSPS) is 13.0. The van der Waals surface area contributed by atoms with Gasteiger partial charge in [0.25, 0.3) is 10.1 Å². The maximum absolute atomic E-state index is 13.3. The van der Waals surface area contributed by atoms with E-state index in [1.54, 1.807) is 0 Å². The van der Waals surface area contributed by atoms with Gasteiger partial charge in [-0.2, -0.15) is 34.8 Å². The van der Waals surface area contributed by atoms with E-state index in [-0.39, 0.29) is 16.5 Å². The molecule has 0 atom stereocenters. The number of halogens is 6. The van der Waals surface area contributed by atoms with Crippen molar-refractivity contribution in [3.8, 4) is 5.75 Å². The predicted molar refractivity (Wildman–Crippen MR) is 96.5 cm³/mol. The van der Waals surface area contributed by atoms with Crippen LogP contribution in [0.4, 0.5) is 26.3 Å². The molecule has 0 aliphatic carbocycles. The zero-order chi connectivity index (χ0) is 24.5. The maximum Gasteiger partial charge on any atom is 0.438 e. The van der Waals surface area contributed by atoms with Gasteiger partial charge in [-0.15, -0.1) is 0 Å². The number of hydrogen-bond donors (Lipinski definition) is 1. The van der Waals surface area contributed by atoms with Gasteiger partial charge >= 0.3 is 29.9 Å². The fourth-order valence-electron chi connectivity index (χ4n) is 2.55. The SMILES string of the molecule is C=CC(=O)Oc1cccc2ccc(C(=O)OC(CS(=O)(=O)O)(C(F)(F)F)C(F)(F)F)cc12. The van der Waals surface area contributed by atoms with Gasteiger partial charge in [0, 0.05) is 11.5 Å². The molecule has 0 unspecified atom stereocenters. The van der Waals surface area contributed by atoms with Gasteiger partial charge in [-0.25, -0.2) is 9.59 Å². The second-order valence-corrected chi connectivity index (χ2v) is 7.71. The Bertz CT molecular complexity index is 1150. The molecule has 0 aliphatic rings. The van der Waals surface area contributed by atoms with Gasteiger partial charge in [-0.3, -0.25) is 4.55 Å². The second kappa shape index (κ2) is 8.43. The lowest BCUT2D eigenvalue weighted by molar-refractivity contribution is -0.356. The Morgan fingerprint density at radius 2 is 1.62 bits per heavy atom. The molecule has 0 aromatic heterocycles. The lowest BCUT2D eigenvalue weighted by Crippen LogP contribution is -2.63. The van der Waals surface area contributed by atoms with Crippen molar-refractivity contribution in [1.29, 1.82) is 0 Å². The van der Waals surface area contributed by atoms with Crippen molar-refractivity contribution in [2.75, 3.05) is 5.75 Å². The minimum absolute atomic E-state index is 0.0588. The van der Waals surface area contributed by atoms with Gasteiger partial charge in [-0.05, 0) is 23.6 Å². The van der Waals surface area contributed by atoms with Crippen LogP contribution < -0.4 is 4.74 Å². The van der Waals surface area contributed by atoms with Crippen LogP contribution in [0.25, 0.3) is 10.8 Å².